The summed E-state index contributed by atoms with van der Waals surface area (Å²) >= 11 is 3.14. The maximum atomic E-state index is 13.5. The maximum absolute atomic E-state index is 13.5. The van der Waals surface area contributed by atoms with Gasteiger partial charge in [0.25, 0.3) is 5.91 Å². The van der Waals surface area contributed by atoms with Gasteiger partial charge < -0.3 is 19.9 Å². The van der Waals surface area contributed by atoms with Gasteiger partial charge in [0, 0.05) is 24.7 Å². The summed E-state index contributed by atoms with van der Waals surface area (Å²) in [6.45, 7) is 10.6. The highest BCUT2D eigenvalue weighted by Crippen LogP contribution is 2.33. The summed E-state index contributed by atoms with van der Waals surface area (Å²) in [4.78, 5) is 44.6. The Balaban J connectivity index is 1.25. The first-order chi connectivity index (χ1) is 17.6. The number of carbonyl (C=O) groups is 2. The smallest absolute Gasteiger partial charge is 0.410 e. The zero-order chi connectivity index (χ0) is 26.3. The third-order valence-corrected chi connectivity index (χ3v) is 8.35. The van der Waals surface area contributed by atoms with Gasteiger partial charge in [-0.15, -0.1) is 22.7 Å². The van der Waals surface area contributed by atoms with Crippen molar-refractivity contribution in [1.82, 2.24) is 24.8 Å². The summed E-state index contributed by atoms with van der Waals surface area (Å²) in [6, 6.07) is 3.58. The lowest BCUT2D eigenvalue weighted by Crippen LogP contribution is -2.63. The summed E-state index contributed by atoms with van der Waals surface area (Å²) < 4.78 is 5.58. The molecule has 3 aromatic rings. The van der Waals surface area contributed by atoms with E-state index in [1.165, 1.54) is 11.3 Å². The number of thiazole rings is 2. The van der Waals surface area contributed by atoms with Gasteiger partial charge in [-0.2, -0.15) is 0 Å². The molecule has 196 valence electrons. The van der Waals surface area contributed by atoms with E-state index in [4.69, 9.17) is 4.74 Å². The van der Waals surface area contributed by atoms with Crippen LogP contribution in [0.2, 0.25) is 0 Å². The van der Waals surface area contributed by atoms with Gasteiger partial charge in [-0.1, -0.05) is 0 Å². The van der Waals surface area contributed by atoms with E-state index >= 15 is 0 Å². The van der Waals surface area contributed by atoms with Crippen molar-refractivity contribution in [2.45, 2.75) is 71.6 Å². The number of nitrogens with one attached hydrogen (secondary N) is 1. The third kappa shape index (κ3) is 5.62. The highest BCUT2D eigenvalue weighted by Gasteiger charge is 2.42. The molecule has 2 amide bonds. The minimum Gasteiger partial charge on any atom is -0.444 e. The predicted molar refractivity (Wildman–Crippen MR) is 146 cm³/mol. The number of carbonyl (C=O) groups excluding carboxylic acids is 2. The molecule has 0 aromatic carbocycles. The molecule has 0 unspecified atom stereocenters. The molecule has 2 atom stereocenters. The van der Waals surface area contributed by atoms with Crippen LogP contribution in [-0.2, 0) is 4.74 Å². The van der Waals surface area contributed by atoms with Gasteiger partial charge in [0.05, 0.1) is 38.9 Å². The molecule has 9 nitrogen and oxygen atoms in total. The molecular formula is C26H32N6O3S2. The Bertz CT molecular complexity index is 1280. The van der Waals surface area contributed by atoms with Crippen LogP contribution < -0.4 is 5.32 Å². The molecule has 2 aliphatic heterocycles. The van der Waals surface area contributed by atoms with E-state index in [0.717, 1.165) is 45.7 Å². The highest BCUT2D eigenvalue weighted by atomic mass is 32.1. The lowest BCUT2D eigenvalue weighted by atomic mass is 9.90. The molecule has 5 rings (SSSR count). The summed E-state index contributed by atoms with van der Waals surface area (Å²) in [5.74, 6) is 0.592. The minimum atomic E-state index is -0.542. The van der Waals surface area contributed by atoms with Crippen LogP contribution in [0.1, 0.15) is 61.1 Å². The second-order valence-corrected chi connectivity index (χ2v) is 12.6. The Kier molecular flexibility index (Phi) is 6.93. The van der Waals surface area contributed by atoms with Crippen LogP contribution in [0, 0.1) is 13.8 Å². The highest BCUT2D eigenvalue weighted by molar-refractivity contribution is 7.16. The average Bonchev–Trinajstić information content (AvgIpc) is 3.42. The van der Waals surface area contributed by atoms with Crippen molar-refractivity contribution in [2.75, 3.05) is 18.4 Å². The van der Waals surface area contributed by atoms with Gasteiger partial charge >= 0.3 is 6.09 Å². The largest absolute Gasteiger partial charge is 0.444 e. The van der Waals surface area contributed by atoms with E-state index in [-0.39, 0.29) is 24.1 Å². The first-order valence-electron chi connectivity index (χ1n) is 12.5. The van der Waals surface area contributed by atoms with Crippen LogP contribution in [0.15, 0.2) is 23.7 Å². The van der Waals surface area contributed by atoms with Crippen LogP contribution in [0.4, 0.5) is 15.7 Å². The molecule has 5 heterocycles. The Morgan fingerprint density at radius 3 is 2.43 bits per heavy atom. The predicted octanol–water partition coefficient (Wildman–Crippen LogP) is 5.64. The Morgan fingerprint density at radius 1 is 1.11 bits per heavy atom. The molecule has 2 bridgehead atoms. The fraction of sp³-hybridized carbons (Fsp3) is 0.500. The SMILES string of the molecule is Cc1nc(C)c(-c2csc(Nc3ccc(C(=O)N4[C@@H]5CCC[C@H]4CN(C(=O)OC(C)(C)C)C5)cn3)n2)s1. The van der Waals surface area contributed by atoms with Crippen molar-refractivity contribution in [3.8, 4) is 10.6 Å². The zero-order valence-electron chi connectivity index (χ0n) is 21.8. The number of piperidine rings is 1. The molecule has 0 spiro atoms. The van der Waals surface area contributed by atoms with Crippen molar-refractivity contribution in [3.05, 3.63) is 40.0 Å². The zero-order valence-corrected chi connectivity index (χ0v) is 23.4. The number of rotatable bonds is 4. The van der Waals surface area contributed by atoms with E-state index in [0.29, 0.717) is 24.5 Å². The number of hydrogen-bond acceptors (Lipinski definition) is 9. The van der Waals surface area contributed by atoms with Crippen molar-refractivity contribution < 1.29 is 14.3 Å². The molecule has 0 saturated carbocycles. The molecule has 2 fully saturated rings. The summed E-state index contributed by atoms with van der Waals surface area (Å²) in [5, 5.41) is 7.01. The molecule has 3 aromatic heterocycles. The van der Waals surface area contributed by atoms with Crippen molar-refractivity contribution >= 4 is 45.6 Å². The van der Waals surface area contributed by atoms with Gasteiger partial charge in [0.1, 0.15) is 11.4 Å². The average molecular weight is 541 g/mol. The molecule has 37 heavy (non-hydrogen) atoms. The molecule has 0 aliphatic carbocycles. The summed E-state index contributed by atoms with van der Waals surface area (Å²) in [6.07, 6.45) is 4.11. The first-order valence-corrected chi connectivity index (χ1v) is 14.2. The number of pyridine rings is 1. The van der Waals surface area contributed by atoms with Crippen LogP contribution in [-0.4, -0.2) is 67.5 Å². The maximum Gasteiger partial charge on any atom is 0.410 e. The van der Waals surface area contributed by atoms with Crippen LogP contribution >= 0.6 is 22.7 Å². The number of anilines is 2. The number of hydrogen-bond donors (Lipinski definition) is 1. The van der Waals surface area contributed by atoms with E-state index < -0.39 is 5.60 Å². The van der Waals surface area contributed by atoms with Gasteiger partial charge in [-0.3, -0.25) is 4.79 Å². The van der Waals surface area contributed by atoms with Crippen LogP contribution in [0.3, 0.4) is 0 Å². The molecule has 2 saturated heterocycles. The minimum absolute atomic E-state index is 0.0158. The van der Waals surface area contributed by atoms with Crippen molar-refractivity contribution in [1.29, 1.82) is 0 Å². The summed E-state index contributed by atoms with van der Waals surface area (Å²) in [5.41, 5.74) is 1.89. The van der Waals surface area contributed by atoms with E-state index in [1.54, 1.807) is 28.5 Å². The number of amides is 2. The van der Waals surface area contributed by atoms with Crippen LogP contribution in [0.25, 0.3) is 10.6 Å². The summed E-state index contributed by atoms with van der Waals surface area (Å²) in [7, 11) is 0. The van der Waals surface area contributed by atoms with E-state index in [1.807, 2.05) is 51.0 Å². The second-order valence-electron chi connectivity index (χ2n) is 10.6. The molecular weight excluding hydrogens is 508 g/mol. The topological polar surface area (TPSA) is 101 Å². The molecule has 0 radical (unpaired) electrons. The van der Waals surface area contributed by atoms with Gasteiger partial charge in [-0.25, -0.2) is 19.7 Å². The number of aryl methyl sites for hydroxylation is 2. The number of aromatic nitrogens is 3. The molecule has 11 heteroatoms. The molecule has 1 N–H and O–H groups in total. The normalized spacial score (nSPS) is 19.6. The van der Waals surface area contributed by atoms with Gasteiger partial charge in [0.15, 0.2) is 5.13 Å². The molecule has 2 aliphatic rings. The van der Waals surface area contributed by atoms with E-state index in [2.05, 4.69) is 20.3 Å². The number of nitrogens with zero attached hydrogens (tertiary/aromatic N) is 5. The van der Waals surface area contributed by atoms with Gasteiger partial charge in [0.2, 0.25) is 0 Å². The van der Waals surface area contributed by atoms with E-state index in [9.17, 15) is 9.59 Å². The monoisotopic (exact) mass is 540 g/mol. The number of likely N-dealkylation sites (tertiary alicyclic amines) is 1. The standard InChI is InChI=1S/C26H32N6O3S2/c1-15-22(37-16(2)28-15)20-14-36-24(29-20)30-21-10-9-17(11-27-21)23(33)32-18-7-6-8-19(32)13-31(12-18)25(34)35-26(3,4)5/h9-11,14,18-19H,6-8,12-13H2,1-5H3,(H,27,29,30)/t18-,19+. The quantitative estimate of drug-likeness (QED) is 0.457. The fourth-order valence-corrected chi connectivity index (χ4v) is 6.64. The lowest BCUT2D eigenvalue weighted by molar-refractivity contribution is -0.0222. The Morgan fingerprint density at radius 2 is 1.84 bits per heavy atom. The Hall–Kier alpha value is -3.05. The fourth-order valence-electron chi connectivity index (χ4n) is 4.97. The number of piperazine rings is 1. The number of ether oxygens (including phenoxy) is 1. The lowest BCUT2D eigenvalue weighted by Gasteiger charge is -2.50. The van der Waals surface area contributed by atoms with Crippen molar-refractivity contribution in [3.63, 3.8) is 0 Å². The Labute approximate surface area is 224 Å². The second kappa shape index (κ2) is 10.0. The van der Waals surface area contributed by atoms with Crippen LogP contribution in [0.5, 0.6) is 0 Å². The number of fused-ring (bicyclic) bond motifs is 2. The van der Waals surface area contributed by atoms with Gasteiger partial charge in [-0.05, 0) is 66.0 Å². The third-order valence-electron chi connectivity index (χ3n) is 6.50. The first kappa shape index (κ1) is 25.6. The van der Waals surface area contributed by atoms with Crippen molar-refractivity contribution in [2.24, 2.45) is 0 Å².